The maximum Gasteiger partial charge on any atom is 0.124 e. The monoisotopic (exact) mass is 267 g/mol. The predicted octanol–water partition coefficient (Wildman–Crippen LogP) is 3.74. The van der Waals surface area contributed by atoms with Crippen LogP contribution < -0.4 is 10.1 Å². The molecule has 2 heteroatoms. The van der Waals surface area contributed by atoms with Crippen molar-refractivity contribution in [2.45, 2.75) is 32.9 Å². The lowest BCUT2D eigenvalue weighted by Crippen LogP contribution is -2.22. The van der Waals surface area contributed by atoms with Crippen molar-refractivity contribution in [1.82, 2.24) is 5.32 Å². The number of ether oxygens (including phenoxy) is 1. The lowest BCUT2D eigenvalue weighted by molar-refractivity contribution is 0.323. The first-order chi connectivity index (χ1) is 9.72. The summed E-state index contributed by atoms with van der Waals surface area (Å²) in [6.45, 7) is 5.64. The van der Waals surface area contributed by atoms with Crippen LogP contribution in [0.1, 0.15) is 25.8 Å². The van der Waals surface area contributed by atoms with Crippen molar-refractivity contribution >= 4 is 10.8 Å². The van der Waals surface area contributed by atoms with E-state index in [0.717, 1.165) is 12.3 Å². The van der Waals surface area contributed by atoms with E-state index in [4.69, 9.17) is 11.2 Å². The Morgan fingerprint density at radius 3 is 2.75 bits per heavy atom. The standard InChI is InChI=1S/C18H21NO/c1-4-5-12-20-18-11-10-15-8-6-7-9-16(15)17(18)13-19-14(2)3/h1,6-11,14,19H,5,12-13H2,2-3H3. The molecule has 0 aromatic heterocycles. The van der Waals surface area contributed by atoms with E-state index in [0.29, 0.717) is 19.1 Å². The highest BCUT2D eigenvalue weighted by Crippen LogP contribution is 2.28. The minimum Gasteiger partial charge on any atom is -0.492 e. The predicted molar refractivity (Wildman–Crippen MR) is 84.9 cm³/mol. The molecule has 0 saturated carbocycles. The van der Waals surface area contributed by atoms with Gasteiger partial charge in [0.15, 0.2) is 0 Å². The number of terminal acetylenes is 1. The zero-order chi connectivity index (χ0) is 14.4. The molecule has 1 N–H and O–H groups in total. The van der Waals surface area contributed by atoms with Gasteiger partial charge in [0, 0.05) is 24.6 Å². The van der Waals surface area contributed by atoms with Crippen LogP contribution in [0, 0.1) is 12.3 Å². The van der Waals surface area contributed by atoms with Gasteiger partial charge in [-0.2, -0.15) is 0 Å². The Morgan fingerprint density at radius 2 is 2.00 bits per heavy atom. The molecule has 0 bridgehead atoms. The van der Waals surface area contributed by atoms with Crippen molar-refractivity contribution in [2.75, 3.05) is 6.61 Å². The lowest BCUT2D eigenvalue weighted by Gasteiger charge is -2.16. The fourth-order valence-corrected chi connectivity index (χ4v) is 2.16. The van der Waals surface area contributed by atoms with Gasteiger partial charge in [0.25, 0.3) is 0 Å². The Morgan fingerprint density at radius 1 is 1.20 bits per heavy atom. The van der Waals surface area contributed by atoms with Crippen LogP contribution in [0.4, 0.5) is 0 Å². The van der Waals surface area contributed by atoms with Crippen LogP contribution in [-0.2, 0) is 6.54 Å². The van der Waals surface area contributed by atoms with E-state index in [1.165, 1.54) is 16.3 Å². The van der Waals surface area contributed by atoms with E-state index >= 15 is 0 Å². The van der Waals surface area contributed by atoms with E-state index in [9.17, 15) is 0 Å². The van der Waals surface area contributed by atoms with E-state index < -0.39 is 0 Å². The summed E-state index contributed by atoms with van der Waals surface area (Å²) in [7, 11) is 0. The average Bonchev–Trinajstić information content (AvgIpc) is 2.45. The summed E-state index contributed by atoms with van der Waals surface area (Å²) in [6.07, 6.45) is 5.91. The molecular formula is C18H21NO. The first-order valence-corrected chi connectivity index (χ1v) is 7.02. The topological polar surface area (TPSA) is 21.3 Å². The van der Waals surface area contributed by atoms with Crippen molar-refractivity contribution in [3.05, 3.63) is 42.0 Å². The van der Waals surface area contributed by atoms with Crippen LogP contribution in [0.15, 0.2) is 36.4 Å². The molecule has 0 heterocycles. The van der Waals surface area contributed by atoms with Gasteiger partial charge in [0.2, 0.25) is 0 Å². The fraction of sp³-hybridized carbons (Fsp3) is 0.333. The molecule has 0 radical (unpaired) electrons. The molecule has 0 fully saturated rings. The van der Waals surface area contributed by atoms with Crippen LogP contribution >= 0.6 is 0 Å². The molecule has 0 atom stereocenters. The van der Waals surface area contributed by atoms with E-state index in [-0.39, 0.29) is 0 Å². The summed E-state index contributed by atoms with van der Waals surface area (Å²) in [4.78, 5) is 0. The third kappa shape index (κ3) is 3.53. The summed E-state index contributed by atoms with van der Waals surface area (Å²) >= 11 is 0. The second-order valence-electron chi connectivity index (χ2n) is 5.10. The molecule has 2 aromatic rings. The van der Waals surface area contributed by atoms with E-state index in [1.54, 1.807) is 0 Å². The smallest absolute Gasteiger partial charge is 0.124 e. The molecule has 0 aliphatic carbocycles. The first kappa shape index (κ1) is 14.4. The number of benzene rings is 2. The van der Waals surface area contributed by atoms with Crippen molar-refractivity contribution in [3.63, 3.8) is 0 Å². The lowest BCUT2D eigenvalue weighted by atomic mass is 10.0. The summed E-state index contributed by atoms with van der Waals surface area (Å²) in [6, 6.07) is 13.0. The van der Waals surface area contributed by atoms with Gasteiger partial charge in [-0.1, -0.05) is 44.2 Å². The van der Waals surface area contributed by atoms with Gasteiger partial charge in [0.05, 0.1) is 6.61 Å². The largest absolute Gasteiger partial charge is 0.492 e. The molecule has 2 rings (SSSR count). The minimum absolute atomic E-state index is 0.438. The Kier molecular flexibility index (Phi) is 5.03. The van der Waals surface area contributed by atoms with Gasteiger partial charge < -0.3 is 10.1 Å². The fourth-order valence-electron chi connectivity index (χ4n) is 2.16. The number of hydrogen-bond donors (Lipinski definition) is 1. The third-order valence-corrected chi connectivity index (χ3v) is 3.19. The normalized spacial score (nSPS) is 10.7. The summed E-state index contributed by atoms with van der Waals surface area (Å²) < 4.78 is 5.84. The summed E-state index contributed by atoms with van der Waals surface area (Å²) in [5, 5.41) is 5.93. The van der Waals surface area contributed by atoms with Crippen LogP contribution in [-0.4, -0.2) is 12.6 Å². The van der Waals surface area contributed by atoms with Crippen LogP contribution in [0.3, 0.4) is 0 Å². The quantitative estimate of drug-likeness (QED) is 0.636. The second-order valence-corrected chi connectivity index (χ2v) is 5.10. The van der Waals surface area contributed by atoms with Crippen LogP contribution in [0.25, 0.3) is 10.8 Å². The zero-order valence-electron chi connectivity index (χ0n) is 12.1. The zero-order valence-corrected chi connectivity index (χ0v) is 12.1. The molecule has 0 saturated heterocycles. The molecule has 0 spiro atoms. The van der Waals surface area contributed by atoms with E-state index in [1.807, 2.05) is 6.07 Å². The number of hydrogen-bond acceptors (Lipinski definition) is 2. The Bertz CT molecular complexity index is 610. The van der Waals surface area contributed by atoms with Gasteiger partial charge in [-0.15, -0.1) is 12.3 Å². The minimum atomic E-state index is 0.438. The molecule has 104 valence electrons. The number of nitrogens with one attached hydrogen (secondary N) is 1. The van der Waals surface area contributed by atoms with E-state index in [2.05, 4.69) is 55.4 Å². The molecule has 0 unspecified atom stereocenters. The Labute approximate surface area is 121 Å². The molecule has 0 aliphatic heterocycles. The molecule has 2 aromatic carbocycles. The second kappa shape index (κ2) is 6.98. The summed E-state index contributed by atoms with van der Waals surface area (Å²) in [5.41, 5.74) is 1.20. The van der Waals surface area contributed by atoms with Gasteiger partial charge in [-0.25, -0.2) is 0 Å². The van der Waals surface area contributed by atoms with Crippen molar-refractivity contribution < 1.29 is 4.74 Å². The maximum atomic E-state index is 5.84. The van der Waals surface area contributed by atoms with Gasteiger partial charge in [-0.05, 0) is 16.8 Å². The first-order valence-electron chi connectivity index (χ1n) is 7.02. The maximum absolute atomic E-state index is 5.84. The molecular weight excluding hydrogens is 246 g/mol. The highest BCUT2D eigenvalue weighted by Gasteiger charge is 2.09. The van der Waals surface area contributed by atoms with Gasteiger partial charge in [-0.3, -0.25) is 0 Å². The highest BCUT2D eigenvalue weighted by atomic mass is 16.5. The Hall–Kier alpha value is -1.98. The Balaban J connectivity index is 2.34. The third-order valence-electron chi connectivity index (χ3n) is 3.19. The number of rotatable bonds is 6. The van der Waals surface area contributed by atoms with Crippen molar-refractivity contribution in [2.24, 2.45) is 0 Å². The van der Waals surface area contributed by atoms with Crippen molar-refractivity contribution in [3.8, 4) is 18.1 Å². The summed E-state index contributed by atoms with van der Waals surface area (Å²) in [5.74, 6) is 3.53. The highest BCUT2D eigenvalue weighted by molar-refractivity contribution is 5.87. The SMILES string of the molecule is C#CCCOc1ccc2ccccc2c1CNC(C)C. The van der Waals surface area contributed by atoms with Crippen molar-refractivity contribution in [1.29, 1.82) is 0 Å². The molecule has 0 amide bonds. The van der Waals surface area contributed by atoms with Gasteiger partial charge in [0.1, 0.15) is 5.75 Å². The number of fused-ring (bicyclic) bond motifs is 1. The van der Waals surface area contributed by atoms with Gasteiger partial charge >= 0.3 is 0 Å². The molecule has 2 nitrogen and oxygen atoms in total. The average molecular weight is 267 g/mol. The molecule has 20 heavy (non-hydrogen) atoms. The molecule has 0 aliphatic rings. The van der Waals surface area contributed by atoms with Crippen LogP contribution in [0.5, 0.6) is 5.75 Å². The van der Waals surface area contributed by atoms with Crippen LogP contribution in [0.2, 0.25) is 0 Å².